The molecule has 18 heavy (non-hydrogen) atoms. The van der Waals surface area contributed by atoms with Gasteiger partial charge < -0.3 is 10.5 Å². The van der Waals surface area contributed by atoms with E-state index in [4.69, 9.17) is 22.1 Å². The molecule has 0 aliphatic carbocycles. The van der Waals surface area contributed by atoms with E-state index >= 15 is 0 Å². The molecule has 1 aromatic heterocycles. The monoisotopic (exact) mass is 271 g/mol. The van der Waals surface area contributed by atoms with Crippen molar-refractivity contribution < 1.29 is 4.74 Å². The lowest BCUT2D eigenvalue weighted by Gasteiger charge is -2.30. The zero-order chi connectivity index (χ0) is 13.7. The first-order valence-corrected chi connectivity index (χ1v) is 6.60. The van der Waals surface area contributed by atoms with Crippen LogP contribution in [0.25, 0.3) is 0 Å². The van der Waals surface area contributed by atoms with E-state index in [1.165, 1.54) is 0 Å². The highest BCUT2D eigenvalue weighted by Crippen LogP contribution is 2.20. The Morgan fingerprint density at radius 3 is 2.44 bits per heavy atom. The molecule has 0 aliphatic rings. The highest BCUT2D eigenvalue weighted by Gasteiger charge is 2.13. The van der Waals surface area contributed by atoms with E-state index in [-0.39, 0.29) is 0 Å². The van der Waals surface area contributed by atoms with E-state index < -0.39 is 0 Å². The zero-order valence-electron chi connectivity index (χ0n) is 11.5. The number of aromatic nitrogens is 1. The second-order valence-corrected chi connectivity index (χ2v) is 5.19. The quantitative estimate of drug-likeness (QED) is 0.809. The highest BCUT2D eigenvalue weighted by molar-refractivity contribution is 6.29. The minimum atomic E-state index is 0.392. The molecule has 0 aromatic carbocycles. The predicted molar refractivity (Wildman–Crippen MR) is 76.1 cm³/mol. The number of rotatable bonds is 6. The van der Waals surface area contributed by atoms with Gasteiger partial charge in [-0.05, 0) is 39.8 Å². The molecule has 2 N–H and O–H groups in total. The van der Waals surface area contributed by atoms with Crippen molar-refractivity contribution in [2.45, 2.75) is 39.8 Å². The van der Waals surface area contributed by atoms with Crippen LogP contribution in [0.4, 0.5) is 5.69 Å². The van der Waals surface area contributed by atoms with Crippen molar-refractivity contribution in [2.75, 3.05) is 18.9 Å². The Kier molecular flexibility index (Phi) is 5.69. The maximum atomic E-state index is 5.80. The normalized spacial score (nSPS) is 11.6. The fourth-order valence-corrected chi connectivity index (χ4v) is 2.04. The highest BCUT2D eigenvalue weighted by atomic mass is 35.5. The van der Waals surface area contributed by atoms with Crippen molar-refractivity contribution >= 4 is 17.3 Å². The molecule has 0 saturated heterocycles. The number of hydrogen-bond donors (Lipinski definition) is 1. The Balaban J connectivity index is 2.52. The van der Waals surface area contributed by atoms with Gasteiger partial charge in [-0.1, -0.05) is 11.6 Å². The molecule has 1 rings (SSSR count). The molecule has 0 atom stereocenters. The molecule has 4 nitrogen and oxygen atoms in total. The van der Waals surface area contributed by atoms with Crippen LogP contribution in [-0.4, -0.2) is 35.1 Å². The average Bonchev–Trinajstić information content (AvgIpc) is 2.27. The Morgan fingerprint density at radius 1 is 1.28 bits per heavy atom. The second-order valence-electron chi connectivity index (χ2n) is 4.80. The number of nitrogens with two attached hydrogens (primary N) is 1. The third-order valence-corrected chi connectivity index (χ3v) is 2.98. The first-order valence-electron chi connectivity index (χ1n) is 6.22. The van der Waals surface area contributed by atoms with Crippen molar-refractivity contribution in [3.63, 3.8) is 0 Å². The summed E-state index contributed by atoms with van der Waals surface area (Å²) < 4.78 is 5.59. The van der Waals surface area contributed by atoms with Crippen LogP contribution < -0.4 is 10.5 Å². The van der Waals surface area contributed by atoms with Crippen molar-refractivity contribution in [1.82, 2.24) is 9.88 Å². The van der Waals surface area contributed by atoms with E-state index in [9.17, 15) is 0 Å². The molecule has 0 unspecified atom stereocenters. The third kappa shape index (κ3) is 4.35. The van der Waals surface area contributed by atoms with Crippen LogP contribution in [0.5, 0.6) is 5.88 Å². The Morgan fingerprint density at radius 2 is 1.89 bits per heavy atom. The van der Waals surface area contributed by atoms with E-state index in [0.717, 1.165) is 6.54 Å². The van der Waals surface area contributed by atoms with Crippen molar-refractivity contribution in [2.24, 2.45) is 0 Å². The summed E-state index contributed by atoms with van der Waals surface area (Å²) >= 11 is 5.80. The van der Waals surface area contributed by atoms with E-state index in [1.807, 2.05) is 0 Å². The summed E-state index contributed by atoms with van der Waals surface area (Å²) in [6, 6.07) is 4.32. The van der Waals surface area contributed by atoms with Crippen LogP contribution >= 0.6 is 11.6 Å². The number of hydrogen-bond acceptors (Lipinski definition) is 4. The van der Waals surface area contributed by atoms with Gasteiger partial charge >= 0.3 is 0 Å². The molecule has 0 spiro atoms. The fourth-order valence-electron chi connectivity index (χ4n) is 1.90. The van der Waals surface area contributed by atoms with Gasteiger partial charge in [-0.15, -0.1) is 0 Å². The number of halogens is 1. The number of nitrogen functional groups attached to an aromatic ring is 1. The lowest BCUT2D eigenvalue weighted by Crippen LogP contribution is -2.39. The van der Waals surface area contributed by atoms with Crippen LogP contribution in [0, 0.1) is 0 Å². The van der Waals surface area contributed by atoms with Gasteiger partial charge in [0.25, 0.3) is 0 Å². The van der Waals surface area contributed by atoms with E-state index in [1.54, 1.807) is 12.1 Å². The summed E-state index contributed by atoms with van der Waals surface area (Å²) in [5, 5.41) is 0.392. The molecule has 102 valence electrons. The fraction of sp³-hybridized carbons (Fsp3) is 0.615. The minimum absolute atomic E-state index is 0.392. The summed E-state index contributed by atoms with van der Waals surface area (Å²) in [5.41, 5.74) is 6.28. The van der Waals surface area contributed by atoms with Gasteiger partial charge in [-0.25, -0.2) is 0 Å². The number of anilines is 1. The summed E-state index contributed by atoms with van der Waals surface area (Å²) in [4.78, 5) is 6.41. The molecular weight excluding hydrogens is 250 g/mol. The van der Waals surface area contributed by atoms with Crippen molar-refractivity contribution in [1.29, 1.82) is 0 Å². The van der Waals surface area contributed by atoms with Gasteiger partial charge in [-0.3, -0.25) is 4.90 Å². The van der Waals surface area contributed by atoms with Gasteiger partial charge in [0.05, 0.1) is 5.69 Å². The number of pyridine rings is 1. The SMILES string of the molecule is CC(C)N(CCOc1nc(Cl)ccc1N)C(C)C. The maximum absolute atomic E-state index is 5.80. The van der Waals surface area contributed by atoms with Crippen LogP contribution in [-0.2, 0) is 0 Å². The third-order valence-electron chi connectivity index (χ3n) is 2.77. The smallest absolute Gasteiger partial charge is 0.238 e. The summed E-state index contributed by atoms with van der Waals surface area (Å²) in [6.45, 7) is 10.1. The lowest BCUT2D eigenvalue weighted by molar-refractivity contribution is 0.140. The molecule has 1 aromatic rings. The summed E-state index contributed by atoms with van der Waals surface area (Å²) in [6.07, 6.45) is 0. The first kappa shape index (κ1) is 15.1. The molecule has 0 radical (unpaired) electrons. The van der Waals surface area contributed by atoms with E-state index in [2.05, 4.69) is 37.6 Å². The standard InChI is InChI=1S/C13H22ClN3O/c1-9(2)17(10(3)4)7-8-18-13-11(15)5-6-12(14)16-13/h5-6,9-10H,7-8,15H2,1-4H3. The maximum Gasteiger partial charge on any atom is 0.238 e. The molecular formula is C13H22ClN3O. The Labute approximate surface area is 114 Å². The zero-order valence-corrected chi connectivity index (χ0v) is 12.2. The van der Waals surface area contributed by atoms with Crippen LogP contribution in [0.2, 0.25) is 5.15 Å². The second kappa shape index (κ2) is 6.81. The van der Waals surface area contributed by atoms with E-state index in [0.29, 0.717) is 35.4 Å². The van der Waals surface area contributed by atoms with Crippen molar-refractivity contribution in [3.8, 4) is 5.88 Å². The average molecular weight is 272 g/mol. The van der Waals surface area contributed by atoms with Gasteiger partial charge in [0.15, 0.2) is 0 Å². The molecule has 0 amide bonds. The predicted octanol–water partition coefficient (Wildman–Crippen LogP) is 2.81. The molecule has 0 aliphatic heterocycles. The molecule has 0 bridgehead atoms. The largest absolute Gasteiger partial charge is 0.475 e. The first-order chi connectivity index (χ1) is 8.41. The molecule has 1 heterocycles. The van der Waals surface area contributed by atoms with Gasteiger partial charge in [0, 0.05) is 18.6 Å². The Bertz CT molecular complexity index is 374. The van der Waals surface area contributed by atoms with Gasteiger partial charge in [-0.2, -0.15) is 4.98 Å². The Hall–Kier alpha value is -1.00. The lowest BCUT2D eigenvalue weighted by atomic mass is 10.2. The number of ether oxygens (including phenoxy) is 1. The molecule has 0 saturated carbocycles. The van der Waals surface area contributed by atoms with Crippen LogP contribution in [0.3, 0.4) is 0 Å². The summed E-state index contributed by atoms with van der Waals surface area (Å²) in [5.74, 6) is 0.412. The molecule has 5 heteroatoms. The van der Waals surface area contributed by atoms with Crippen molar-refractivity contribution in [3.05, 3.63) is 17.3 Å². The number of nitrogens with zero attached hydrogens (tertiary/aromatic N) is 2. The van der Waals surface area contributed by atoms with Crippen LogP contribution in [0.1, 0.15) is 27.7 Å². The van der Waals surface area contributed by atoms with Gasteiger partial charge in [0.1, 0.15) is 11.8 Å². The van der Waals surface area contributed by atoms with Crippen LogP contribution in [0.15, 0.2) is 12.1 Å². The van der Waals surface area contributed by atoms with Gasteiger partial charge in [0.2, 0.25) is 5.88 Å². The minimum Gasteiger partial charge on any atom is -0.475 e. The summed E-state index contributed by atoms with van der Waals surface area (Å²) in [7, 11) is 0. The molecule has 0 fully saturated rings. The topological polar surface area (TPSA) is 51.4 Å².